The van der Waals surface area contributed by atoms with Crippen molar-refractivity contribution in [3.63, 3.8) is 0 Å². The van der Waals surface area contributed by atoms with Gasteiger partial charge in [0.1, 0.15) is 5.75 Å². The Bertz CT molecular complexity index is 468. The predicted molar refractivity (Wildman–Crippen MR) is 78.6 cm³/mol. The minimum Gasteiger partial charge on any atom is -0.494 e. The first-order valence-electron chi connectivity index (χ1n) is 6.30. The SMILES string of the molecule is Sc1cccc(OCCCCc2ccccc2)c1. The van der Waals surface area contributed by atoms with Crippen LogP contribution in [0.15, 0.2) is 59.5 Å². The van der Waals surface area contributed by atoms with Crippen LogP contribution in [0.25, 0.3) is 0 Å². The summed E-state index contributed by atoms with van der Waals surface area (Å²) < 4.78 is 5.68. The third kappa shape index (κ3) is 4.46. The van der Waals surface area contributed by atoms with Crippen LogP contribution in [0.1, 0.15) is 18.4 Å². The third-order valence-electron chi connectivity index (χ3n) is 2.79. The number of aryl methyl sites for hydroxylation is 1. The standard InChI is InChI=1S/C16H18OS/c18-16-11-6-10-15(13-16)17-12-5-4-9-14-7-2-1-3-8-14/h1-3,6-8,10-11,13,18H,4-5,9,12H2. The molecule has 0 bridgehead atoms. The Morgan fingerprint density at radius 2 is 1.72 bits per heavy atom. The lowest BCUT2D eigenvalue weighted by atomic mass is 10.1. The van der Waals surface area contributed by atoms with E-state index in [9.17, 15) is 0 Å². The Kier molecular flexibility index (Phi) is 5.15. The molecule has 0 unspecified atom stereocenters. The van der Waals surface area contributed by atoms with Crippen LogP contribution in [0.4, 0.5) is 0 Å². The summed E-state index contributed by atoms with van der Waals surface area (Å²) in [6.07, 6.45) is 3.35. The molecular weight excluding hydrogens is 240 g/mol. The number of hydrogen-bond acceptors (Lipinski definition) is 2. The summed E-state index contributed by atoms with van der Waals surface area (Å²) in [5.74, 6) is 0.905. The van der Waals surface area contributed by atoms with Crippen LogP contribution < -0.4 is 4.74 Å². The molecule has 0 spiro atoms. The number of benzene rings is 2. The van der Waals surface area contributed by atoms with Crippen LogP contribution in [0.5, 0.6) is 5.75 Å². The van der Waals surface area contributed by atoms with E-state index < -0.39 is 0 Å². The Morgan fingerprint density at radius 3 is 2.50 bits per heavy atom. The second-order valence-corrected chi connectivity index (χ2v) is 4.80. The van der Waals surface area contributed by atoms with Gasteiger partial charge in [-0.25, -0.2) is 0 Å². The molecule has 1 nitrogen and oxygen atoms in total. The van der Waals surface area contributed by atoms with E-state index in [0.29, 0.717) is 0 Å². The van der Waals surface area contributed by atoms with Gasteiger partial charge in [0.2, 0.25) is 0 Å². The van der Waals surface area contributed by atoms with Gasteiger partial charge in [0.15, 0.2) is 0 Å². The molecule has 94 valence electrons. The number of hydrogen-bond donors (Lipinski definition) is 1. The zero-order chi connectivity index (χ0) is 12.6. The number of rotatable bonds is 6. The molecule has 0 heterocycles. The highest BCUT2D eigenvalue weighted by atomic mass is 32.1. The van der Waals surface area contributed by atoms with Crippen molar-refractivity contribution < 1.29 is 4.74 Å². The number of unbranched alkanes of at least 4 members (excludes halogenated alkanes) is 1. The molecule has 0 fully saturated rings. The van der Waals surface area contributed by atoms with E-state index in [-0.39, 0.29) is 0 Å². The normalized spacial score (nSPS) is 10.3. The summed E-state index contributed by atoms with van der Waals surface area (Å²) in [6, 6.07) is 18.4. The summed E-state index contributed by atoms with van der Waals surface area (Å²) in [6.45, 7) is 0.768. The van der Waals surface area contributed by atoms with E-state index in [2.05, 4.69) is 43.0 Å². The summed E-state index contributed by atoms with van der Waals surface area (Å²) in [7, 11) is 0. The van der Waals surface area contributed by atoms with Crippen molar-refractivity contribution in [1.29, 1.82) is 0 Å². The molecule has 0 aliphatic rings. The van der Waals surface area contributed by atoms with Crippen LogP contribution in [-0.2, 0) is 6.42 Å². The number of thiol groups is 1. The zero-order valence-electron chi connectivity index (χ0n) is 10.4. The first kappa shape index (κ1) is 13.0. The van der Waals surface area contributed by atoms with Gasteiger partial charge in [-0.15, -0.1) is 12.6 Å². The lowest BCUT2D eigenvalue weighted by Gasteiger charge is -2.06. The molecule has 2 rings (SSSR count). The zero-order valence-corrected chi connectivity index (χ0v) is 11.3. The van der Waals surface area contributed by atoms with Crippen molar-refractivity contribution >= 4 is 12.6 Å². The predicted octanol–water partition coefficient (Wildman–Crippen LogP) is 4.38. The van der Waals surface area contributed by atoms with Crippen LogP contribution in [0, 0.1) is 0 Å². The molecule has 0 radical (unpaired) electrons. The molecule has 0 N–H and O–H groups in total. The van der Waals surface area contributed by atoms with Crippen molar-refractivity contribution in [3.05, 3.63) is 60.2 Å². The van der Waals surface area contributed by atoms with E-state index >= 15 is 0 Å². The molecule has 0 aliphatic carbocycles. The van der Waals surface area contributed by atoms with Gasteiger partial charge in [-0.05, 0) is 43.0 Å². The van der Waals surface area contributed by atoms with Crippen LogP contribution in [0.2, 0.25) is 0 Å². The molecule has 2 aromatic carbocycles. The fraction of sp³-hybridized carbons (Fsp3) is 0.250. The molecule has 0 amide bonds. The fourth-order valence-corrected chi connectivity index (χ4v) is 2.05. The second-order valence-electron chi connectivity index (χ2n) is 4.29. The van der Waals surface area contributed by atoms with Crippen molar-refractivity contribution in [1.82, 2.24) is 0 Å². The van der Waals surface area contributed by atoms with Gasteiger partial charge in [0.25, 0.3) is 0 Å². The van der Waals surface area contributed by atoms with E-state index in [1.54, 1.807) is 0 Å². The van der Waals surface area contributed by atoms with Gasteiger partial charge in [-0.1, -0.05) is 36.4 Å². The highest BCUT2D eigenvalue weighted by Crippen LogP contribution is 2.16. The lowest BCUT2D eigenvalue weighted by Crippen LogP contribution is -1.98. The quantitative estimate of drug-likeness (QED) is 0.597. The maximum absolute atomic E-state index is 5.68. The first-order valence-corrected chi connectivity index (χ1v) is 6.75. The molecular formula is C16H18OS. The van der Waals surface area contributed by atoms with E-state index in [0.717, 1.165) is 36.5 Å². The van der Waals surface area contributed by atoms with Gasteiger partial charge >= 0.3 is 0 Å². The van der Waals surface area contributed by atoms with Gasteiger partial charge in [0, 0.05) is 4.90 Å². The Labute approximate surface area is 114 Å². The van der Waals surface area contributed by atoms with Crippen molar-refractivity contribution in [2.24, 2.45) is 0 Å². The summed E-state index contributed by atoms with van der Waals surface area (Å²) >= 11 is 4.29. The second kappa shape index (κ2) is 7.12. The van der Waals surface area contributed by atoms with Crippen molar-refractivity contribution in [2.75, 3.05) is 6.61 Å². The van der Waals surface area contributed by atoms with Gasteiger partial charge in [0.05, 0.1) is 6.61 Å². The first-order chi connectivity index (χ1) is 8.84. The highest BCUT2D eigenvalue weighted by Gasteiger charge is 1.95. The van der Waals surface area contributed by atoms with E-state index in [1.165, 1.54) is 5.56 Å². The summed E-state index contributed by atoms with van der Waals surface area (Å²) in [5.41, 5.74) is 1.40. The van der Waals surface area contributed by atoms with Crippen LogP contribution >= 0.6 is 12.6 Å². The largest absolute Gasteiger partial charge is 0.494 e. The molecule has 0 saturated carbocycles. The molecule has 0 aliphatic heterocycles. The minimum absolute atomic E-state index is 0.768. The monoisotopic (exact) mass is 258 g/mol. The molecule has 2 heteroatoms. The van der Waals surface area contributed by atoms with E-state index in [4.69, 9.17) is 4.74 Å². The maximum atomic E-state index is 5.68. The smallest absolute Gasteiger partial charge is 0.120 e. The lowest BCUT2D eigenvalue weighted by molar-refractivity contribution is 0.306. The van der Waals surface area contributed by atoms with Gasteiger partial charge in [-0.3, -0.25) is 0 Å². The molecule has 0 atom stereocenters. The Morgan fingerprint density at radius 1 is 0.889 bits per heavy atom. The molecule has 0 saturated heterocycles. The molecule has 18 heavy (non-hydrogen) atoms. The summed E-state index contributed by atoms with van der Waals surface area (Å²) in [4.78, 5) is 0.941. The Hall–Kier alpha value is -1.41. The molecule has 0 aromatic heterocycles. The van der Waals surface area contributed by atoms with E-state index in [1.807, 2.05) is 24.3 Å². The average Bonchev–Trinajstić information content (AvgIpc) is 2.40. The van der Waals surface area contributed by atoms with Crippen LogP contribution in [0.3, 0.4) is 0 Å². The van der Waals surface area contributed by atoms with Gasteiger partial charge in [-0.2, -0.15) is 0 Å². The average molecular weight is 258 g/mol. The van der Waals surface area contributed by atoms with Crippen molar-refractivity contribution in [2.45, 2.75) is 24.2 Å². The number of ether oxygens (including phenoxy) is 1. The maximum Gasteiger partial charge on any atom is 0.120 e. The van der Waals surface area contributed by atoms with Gasteiger partial charge < -0.3 is 4.74 Å². The Balaban J connectivity index is 1.65. The summed E-state index contributed by atoms with van der Waals surface area (Å²) in [5, 5.41) is 0. The highest BCUT2D eigenvalue weighted by molar-refractivity contribution is 7.80. The topological polar surface area (TPSA) is 9.23 Å². The third-order valence-corrected chi connectivity index (χ3v) is 3.07. The molecule has 2 aromatic rings. The minimum atomic E-state index is 0.768. The van der Waals surface area contributed by atoms with Crippen molar-refractivity contribution in [3.8, 4) is 5.75 Å². The fourth-order valence-electron chi connectivity index (χ4n) is 1.84. The van der Waals surface area contributed by atoms with Crippen LogP contribution in [-0.4, -0.2) is 6.61 Å².